The van der Waals surface area contributed by atoms with Crippen molar-refractivity contribution in [3.05, 3.63) is 12.3 Å². The number of piperidine rings is 1. The van der Waals surface area contributed by atoms with E-state index in [1.165, 1.54) is 0 Å². The number of nitrogens with zero attached hydrogens (tertiary/aromatic N) is 3. The Morgan fingerprint density at radius 3 is 2.76 bits per heavy atom. The molecule has 94 valence electrons. The second-order valence-electron chi connectivity index (χ2n) is 4.58. The number of likely N-dealkylation sites (tertiary alicyclic amines) is 1. The minimum atomic E-state index is 0.283. The molecular weight excluding hydrogens is 216 g/mol. The first kappa shape index (κ1) is 12.0. The monoisotopic (exact) mass is 236 g/mol. The lowest BCUT2D eigenvalue weighted by Gasteiger charge is -2.32. The quantitative estimate of drug-likeness (QED) is 0.863. The minimum Gasteiger partial charge on any atom is -0.382 e. The summed E-state index contributed by atoms with van der Waals surface area (Å²) in [5.74, 6) is 0.848. The van der Waals surface area contributed by atoms with E-state index in [-0.39, 0.29) is 5.91 Å². The fraction of sp³-hybridized carbons (Fsp3) is 0.667. The van der Waals surface area contributed by atoms with E-state index in [0.29, 0.717) is 18.3 Å². The number of nitrogen functional groups attached to an aromatic ring is 1. The van der Waals surface area contributed by atoms with E-state index in [1.54, 1.807) is 0 Å². The van der Waals surface area contributed by atoms with Crippen molar-refractivity contribution in [1.29, 1.82) is 0 Å². The topological polar surface area (TPSA) is 64.2 Å². The van der Waals surface area contributed by atoms with Gasteiger partial charge in [-0.05, 0) is 25.3 Å². The Hall–Kier alpha value is -1.52. The van der Waals surface area contributed by atoms with Crippen molar-refractivity contribution < 1.29 is 4.79 Å². The zero-order valence-corrected chi connectivity index (χ0v) is 10.3. The van der Waals surface area contributed by atoms with Crippen LogP contribution in [0.4, 0.5) is 5.82 Å². The van der Waals surface area contributed by atoms with Gasteiger partial charge in [-0.25, -0.2) is 0 Å². The standard InChI is InChI=1S/C12H20N4O/c1-2-3-12(17)15-7-4-10(5-8-15)16-9-6-11(13)14-16/h6,9-10H,2-5,7-8H2,1H3,(H2,13,14). The zero-order valence-electron chi connectivity index (χ0n) is 10.3. The van der Waals surface area contributed by atoms with Gasteiger partial charge < -0.3 is 10.6 Å². The molecule has 1 aromatic heterocycles. The molecule has 5 heteroatoms. The number of carbonyl (C=O) groups excluding carboxylic acids is 1. The molecule has 1 amide bonds. The Balaban J connectivity index is 1.88. The van der Waals surface area contributed by atoms with Gasteiger partial charge in [0.1, 0.15) is 5.82 Å². The van der Waals surface area contributed by atoms with Crippen LogP contribution in [0.2, 0.25) is 0 Å². The fourth-order valence-corrected chi connectivity index (χ4v) is 2.31. The number of nitrogens with two attached hydrogens (primary N) is 1. The van der Waals surface area contributed by atoms with Crippen LogP contribution in [0.25, 0.3) is 0 Å². The van der Waals surface area contributed by atoms with Crippen LogP contribution in [-0.2, 0) is 4.79 Å². The summed E-state index contributed by atoms with van der Waals surface area (Å²) in [4.78, 5) is 13.7. The molecule has 0 radical (unpaired) electrons. The summed E-state index contributed by atoms with van der Waals surface area (Å²) in [7, 11) is 0. The van der Waals surface area contributed by atoms with Gasteiger partial charge >= 0.3 is 0 Å². The largest absolute Gasteiger partial charge is 0.382 e. The number of hydrogen-bond acceptors (Lipinski definition) is 3. The van der Waals surface area contributed by atoms with Crippen molar-refractivity contribution in [2.24, 2.45) is 0 Å². The van der Waals surface area contributed by atoms with Gasteiger partial charge in [-0.2, -0.15) is 5.10 Å². The molecule has 1 aliphatic rings. The third-order valence-corrected chi connectivity index (χ3v) is 3.28. The van der Waals surface area contributed by atoms with Crippen LogP contribution in [0, 0.1) is 0 Å². The maximum Gasteiger partial charge on any atom is 0.222 e. The molecule has 5 nitrogen and oxygen atoms in total. The molecule has 2 N–H and O–H groups in total. The number of rotatable bonds is 3. The molecule has 1 aromatic rings. The molecule has 2 heterocycles. The second kappa shape index (κ2) is 5.21. The third-order valence-electron chi connectivity index (χ3n) is 3.28. The van der Waals surface area contributed by atoms with Gasteiger partial charge in [0.15, 0.2) is 0 Å². The Morgan fingerprint density at radius 2 is 2.24 bits per heavy atom. The van der Waals surface area contributed by atoms with Crippen molar-refractivity contribution >= 4 is 11.7 Å². The molecule has 0 unspecified atom stereocenters. The summed E-state index contributed by atoms with van der Waals surface area (Å²) in [6.07, 6.45) is 5.45. The van der Waals surface area contributed by atoms with E-state index in [2.05, 4.69) is 5.10 Å². The van der Waals surface area contributed by atoms with E-state index in [4.69, 9.17) is 5.73 Å². The molecule has 0 atom stereocenters. The summed E-state index contributed by atoms with van der Waals surface area (Å²) in [5.41, 5.74) is 5.60. The molecular formula is C12H20N4O. The lowest BCUT2D eigenvalue weighted by molar-refractivity contribution is -0.132. The van der Waals surface area contributed by atoms with Gasteiger partial charge in [0.2, 0.25) is 5.91 Å². The molecule has 1 aliphatic heterocycles. The normalized spacial score (nSPS) is 17.4. The van der Waals surface area contributed by atoms with Gasteiger partial charge in [-0.15, -0.1) is 0 Å². The maximum atomic E-state index is 11.7. The van der Waals surface area contributed by atoms with Gasteiger partial charge in [0.05, 0.1) is 6.04 Å². The molecule has 0 aliphatic carbocycles. The van der Waals surface area contributed by atoms with Crippen molar-refractivity contribution in [2.75, 3.05) is 18.8 Å². The SMILES string of the molecule is CCCC(=O)N1CCC(n2ccc(N)n2)CC1. The molecule has 1 saturated heterocycles. The van der Waals surface area contributed by atoms with Crippen LogP contribution >= 0.6 is 0 Å². The van der Waals surface area contributed by atoms with Crippen molar-refractivity contribution in [2.45, 2.75) is 38.6 Å². The van der Waals surface area contributed by atoms with E-state index < -0.39 is 0 Å². The number of carbonyl (C=O) groups is 1. The van der Waals surface area contributed by atoms with Crippen molar-refractivity contribution in [3.63, 3.8) is 0 Å². The van der Waals surface area contributed by atoms with E-state index in [0.717, 1.165) is 32.4 Å². The first-order valence-electron chi connectivity index (χ1n) is 6.29. The molecule has 0 aromatic carbocycles. The number of amides is 1. The Labute approximate surface area is 102 Å². The highest BCUT2D eigenvalue weighted by Crippen LogP contribution is 2.22. The lowest BCUT2D eigenvalue weighted by Crippen LogP contribution is -2.39. The van der Waals surface area contributed by atoms with E-state index in [9.17, 15) is 4.79 Å². The van der Waals surface area contributed by atoms with Crippen LogP contribution in [-0.4, -0.2) is 33.7 Å². The summed E-state index contributed by atoms with van der Waals surface area (Å²) in [5, 5.41) is 4.23. The molecule has 0 spiro atoms. The number of anilines is 1. The third kappa shape index (κ3) is 2.78. The van der Waals surface area contributed by atoms with Gasteiger partial charge in [-0.3, -0.25) is 9.48 Å². The van der Waals surface area contributed by atoms with Gasteiger partial charge in [0.25, 0.3) is 0 Å². The van der Waals surface area contributed by atoms with Crippen LogP contribution < -0.4 is 5.73 Å². The van der Waals surface area contributed by atoms with Crippen LogP contribution in [0.15, 0.2) is 12.3 Å². The average Bonchev–Trinajstić information content (AvgIpc) is 2.76. The summed E-state index contributed by atoms with van der Waals surface area (Å²) in [6, 6.07) is 2.20. The van der Waals surface area contributed by atoms with Crippen LogP contribution in [0.3, 0.4) is 0 Å². The van der Waals surface area contributed by atoms with E-state index >= 15 is 0 Å². The molecule has 0 saturated carbocycles. The summed E-state index contributed by atoms with van der Waals surface area (Å²) in [6.45, 7) is 3.71. The van der Waals surface area contributed by atoms with Crippen molar-refractivity contribution in [1.82, 2.24) is 14.7 Å². The zero-order chi connectivity index (χ0) is 12.3. The number of hydrogen-bond donors (Lipinski definition) is 1. The van der Waals surface area contributed by atoms with Crippen LogP contribution in [0.5, 0.6) is 0 Å². The first-order chi connectivity index (χ1) is 8.20. The Bertz CT molecular complexity index is 380. The molecule has 1 fully saturated rings. The predicted molar refractivity (Wildman–Crippen MR) is 66.4 cm³/mol. The first-order valence-corrected chi connectivity index (χ1v) is 6.29. The molecule has 17 heavy (non-hydrogen) atoms. The lowest BCUT2D eigenvalue weighted by atomic mass is 10.0. The van der Waals surface area contributed by atoms with Gasteiger partial charge in [0, 0.05) is 25.7 Å². The Kier molecular flexibility index (Phi) is 3.66. The molecule has 0 bridgehead atoms. The highest BCUT2D eigenvalue weighted by atomic mass is 16.2. The maximum absolute atomic E-state index is 11.7. The smallest absolute Gasteiger partial charge is 0.222 e. The highest BCUT2D eigenvalue weighted by Gasteiger charge is 2.23. The van der Waals surface area contributed by atoms with Crippen LogP contribution in [0.1, 0.15) is 38.6 Å². The second-order valence-corrected chi connectivity index (χ2v) is 4.58. The highest BCUT2D eigenvalue weighted by molar-refractivity contribution is 5.76. The van der Waals surface area contributed by atoms with Crippen molar-refractivity contribution in [3.8, 4) is 0 Å². The predicted octanol–water partition coefficient (Wildman–Crippen LogP) is 1.43. The minimum absolute atomic E-state index is 0.283. The summed E-state index contributed by atoms with van der Waals surface area (Å²) < 4.78 is 1.93. The fourth-order valence-electron chi connectivity index (χ4n) is 2.31. The van der Waals surface area contributed by atoms with E-state index in [1.807, 2.05) is 28.8 Å². The average molecular weight is 236 g/mol. The van der Waals surface area contributed by atoms with Gasteiger partial charge in [-0.1, -0.05) is 6.92 Å². The summed E-state index contributed by atoms with van der Waals surface area (Å²) >= 11 is 0. The molecule has 2 rings (SSSR count). The Morgan fingerprint density at radius 1 is 1.53 bits per heavy atom. The number of aromatic nitrogens is 2.